The summed E-state index contributed by atoms with van der Waals surface area (Å²) in [7, 11) is 1.74. The molecular formula is C15H20N2O3. The Morgan fingerprint density at radius 2 is 2.05 bits per heavy atom. The molecule has 1 amide bonds. The summed E-state index contributed by atoms with van der Waals surface area (Å²) < 4.78 is 0. The van der Waals surface area contributed by atoms with Gasteiger partial charge in [-0.15, -0.1) is 0 Å². The lowest BCUT2D eigenvalue weighted by Crippen LogP contribution is -2.46. The standard InChI is InChI=1S/C15H20N2O3/c1-10(2)16(3)14(18)9-17-12-7-5-4-6-11(12)8-13(17)15(19)20/h4-7,10,13H,8-9H2,1-3H3,(H,19,20). The molecular weight excluding hydrogens is 256 g/mol. The molecule has 1 aromatic rings. The second-order valence-electron chi connectivity index (χ2n) is 5.41. The van der Waals surface area contributed by atoms with Crippen molar-refractivity contribution in [2.75, 3.05) is 18.5 Å². The zero-order valence-corrected chi connectivity index (χ0v) is 12.0. The van der Waals surface area contributed by atoms with Crippen LogP contribution in [-0.2, 0) is 16.0 Å². The highest BCUT2D eigenvalue weighted by Crippen LogP contribution is 2.31. The van der Waals surface area contributed by atoms with Crippen LogP contribution < -0.4 is 4.90 Å². The van der Waals surface area contributed by atoms with E-state index >= 15 is 0 Å². The average Bonchev–Trinajstić information content (AvgIpc) is 2.77. The maximum atomic E-state index is 12.2. The van der Waals surface area contributed by atoms with Gasteiger partial charge in [-0.25, -0.2) is 4.79 Å². The van der Waals surface area contributed by atoms with Crippen LogP contribution in [0, 0.1) is 0 Å². The first-order chi connectivity index (χ1) is 9.41. The third-order valence-corrected chi connectivity index (χ3v) is 3.85. The number of hydrogen-bond acceptors (Lipinski definition) is 3. The van der Waals surface area contributed by atoms with Crippen molar-refractivity contribution in [3.05, 3.63) is 29.8 Å². The number of aliphatic carboxylic acids is 1. The van der Waals surface area contributed by atoms with E-state index in [-0.39, 0.29) is 18.5 Å². The predicted octanol–water partition coefficient (Wildman–Crippen LogP) is 1.37. The van der Waals surface area contributed by atoms with Crippen molar-refractivity contribution in [1.82, 2.24) is 4.90 Å². The Morgan fingerprint density at radius 1 is 1.40 bits per heavy atom. The molecule has 2 rings (SSSR count). The fourth-order valence-corrected chi connectivity index (χ4v) is 2.41. The van der Waals surface area contributed by atoms with Gasteiger partial charge in [-0.1, -0.05) is 18.2 Å². The SMILES string of the molecule is CC(C)N(C)C(=O)CN1c2ccccc2CC1C(=O)O. The van der Waals surface area contributed by atoms with E-state index in [1.54, 1.807) is 16.8 Å². The highest BCUT2D eigenvalue weighted by molar-refractivity contribution is 5.88. The molecule has 1 aromatic carbocycles. The fraction of sp³-hybridized carbons (Fsp3) is 0.467. The van der Waals surface area contributed by atoms with Gasteiger partial charge in [-0.05, 0) is 25.5 Å². The first kappa shape index (κ1) is 14.4. The highest BCUT2D eigenvalue weighted by Gasteiger charge is 2.35. The average molecular weight is 276 g/mol. The normalized spacial score (nSPS) is 17.2. The van der Waals surface area contributed by atoms with Gasteiger partial charge in [0.1, 0.15) is 6.04 Å². The number of carbonyl (C=O) groups excluding carboxylic acids is 1. The summed E-state index contributed by atoms with van der Waals surface area (Å²) in [6.07, 6.45) is 0.449. The number of rotatable bonds is 4. The molecule has 1 heterocycles. The number of hydrogen-bond donors (Lipinski definition) is 1. The summed E-state index contributed by atoms with van der Waals surface area (Å²) in [6.45, 7) is 3.97. The Hall–Kier alpha value is -2.04. The summed E-state index contributed by atoms with van der Waals surface area (Å²) >= 11 is 0. The molecule has 0 aliphatic carbocycles. The van der Waals surface area contributed by atoms with E-state index in [0.717, 1.165) is 11.3 Å². The van der Waals surface area contributed by atoms with E-state index < -0.39 is 12.0 Å². The molecule has 0 spiro atoms. The summed E-state index contributed by atoms with van der Waals surface area (Å²) in [5.41, 5.74) is 1.84. The number of fused-ring (bicyclic) bond motifs is 1. The number of para-hydroxylation sites is 1. The van der Waals surface area contributed by atoms with Crippen molar-refractivity contribution >= 4 is 17.6 Å². The number of carbonyl (C=O) groups is 2. The van der Waals surface area contributed by atoms with Gasteiger partial charge in [-0.3, -0.25) is 4.79 Å². The number of anilines is 1. The van der Waals surface area contributed by atoms with Crippen LogP contribution >= 0.6 is 0 Å². The van der Waals surface area contributed by atoms with Gasteiger partial charge in [0.25, 0.3) is 0 Å². The monoisotopic (exact) mass is 276 g/mol. The van der Waals surface area contributed by atoms with Crippen molar-refractivity contribution in [2.45, 2.75) is 32.4 Å². The van der Waals surface area contributed by atoms with Crippen LogP contribution in [0.1, 0.15) is 19.4 Å². The van der Waals surface area contributed by atoms with E-state index in [0.29, 0.717) is 6.42 Å². The molecule has 0 radical (unpaired) electrons. The number of amides is 1. The number of benzene rings is 1. The van der Waals surface area contributed by atoms with Crippen LogP contribution in [0.3, 0.4) is 0 Å². The molecule has 1 aliphatic heterocycles. The Bertz CT molecular complexity index is 528. The van der Waals surface area contributed by atoms with E-state index in [1.807, 2.05) is 38.1 Å². The van der Waals surface area contributed by atoms with Gasteiger partial charge in [0.2, 0.25) is 5.91 Å². The molecule has 1 atom stereocenters. The summed E-state index contributed by atoms with van der Waals surface area (Å²) in [5, 5.41) is 9.35. The highest BCUT2D eigenvalue weighted by atomic mass is 16.4. The minimum atomic E-state index is -0.888. The molecule has 1 aliphatic rings. The van der Waals surface area contributed by atoms with Gasteiger partial charge in [0.05, 0.1) is 6.54 Å². The topological polar surface area (TPSA) is 60.9 Å². The van der Waals surface area contributed by atoms with Crippen LogP contribution in [0.15, 0.2) is 24.3 Å². The van der Waals surface area contributed by atoms with Crippen LogP contribution in [0.5, 0.6) is 0 Å². The van der Waals surface area contributed by atoms with Crippen LogP contribution in [0.2, 0.25) is 0 Å². The van der Waals surface area contributed by atoms with Crippen LogP contribution in [0.4, 0.5) is 5.69 Å². The largest absolute Gasteiger partial charge is 0.480 e. The molecule has 108 valence electrons. The maximum absolute atomic E-state index is 12.2. The van der Waals surface area contributed by atoms with Crippen molar-refractivity contribution in [1.29, 1.82) is 0 Å². The third-order valence-electron chi connectivity index (χ3n) is 3.85. The number of likely N-dealkylation sites (N-methyl/N-ethyl adjacent to an activating group) is 1. The van der Waals surface area contributed by atoms with E-state index in [2.05, 4.69) is 0 Å². The van der Waals surface area contributed by atoms with E-state index in [9.17, 15) is 14.7 Å². The van der Waals surface area contributed by atoms with Crippen molar-refractivity contribution in [2.24, 2.45) is 0 Å². The Morgan fingerprint density at radius 3 is 2.65 bits per heavy atom. The van der Waals surface area contributed by atoms with E-state index in [1.165, 1.54) is 0 Å². The Kier molecular flexibility index (Phi) is 3.97. The molecule has 0 saturated heterocycles. The van der Waals surface area contributed by atoms with Gasteiger partial charge in [0, 0.05) is 25.2 Å². The molecule has 0 bridgehead atoms. The molecule has 5 heteroatoms. The number of carboxylic acid groups (broad SMARTS) is 1. The van der Waals surface area contributed by atoms with Crippen molar-refractivity contribution < 1.29 is 14.7 Å². The Balaban J connectivity index is 2.23. The first-order valence-corrected chi connectivity index (χ1v) is 6.74. The zero-order chi connectivity index (χ0) is 14.9. The number of nitrogens with zero attached hydrogens (tertiary/aromatic N) is 2. The molecule has 1 N–H and O–H groups in total. The summed E-state index contributed by atoms with van der Waals surface area (Å²) in [5.74, 6) is -0.954. The molecule has 5 nitrogen and oxygen atoms in total. The van der Waals surface area contributed by atoms with Gasteiger partial charge < -0.3 is 14.9 Å². The molecule has 20 heavy (non-hydrogen) atoms. The first-order valence-electron chi connectivity index (χ1n) is 6.74. The van der Waals surface area contributed by atoms with Gasteiger partial charge >= 0.3 is 5.97 Å². The summed E-state index contributed by atoms with van der Waals surface area (Å²) in [6, 6.07) is 7.00. The van der Waals surface area contributed by atoms with Gasteiger partial charge in [-0.2, -0.15) is 0 Å². The molecule has 0 fully saturated rings. The van der Waals surface area contributed by atoms with E-state index in [4.69, 9.17) is 0 Å². The zero-order valence-electron chi connectivity index (χ0n) is 12.0. The van der Waals surface area contributed by atoms with Gasteiger partial charge in [0.15, 0.2) is 0 Å². The minimum Gasteiger partial charge on any atom is -0.480 e. The molecule has 1 unspecified atom stereocenters. The predicted molar refractivity (Wildman–Crippen MR) is 76.8 cm³/mol. The molecule has 0 aromatic heterocycles. The number of carboxylic acids is 1. The fourth-order valence-electron chi connectivity index (χ4n) is 2.41. The van der Waals surface area contributed by atoms with Crippen molar-refractivity contribution in [3.63, 3.8) is 0 Å². The van der Waals surface area contributed by atoms with Crippen molar-refractivity contribution in [3.8, 4) is 0 Å². The smallest absolute Gasteiger partial charge is 0.326 e. The second kappa shape index (κ2) is 5.53. The second-order valence-corrected chi connectivity index (χ2v) is 5.41. The quantitative estimate of drug-likeness (QED) is 0.902. The maximum Gasteiger partial charge on any atom is 0.326 e. The van der Waals surface area contributed by atoms with Crippen LogP contribution in [0.25, 0.3) is 0 Å². The lowest BCUT2D eigenvalue weighted by Gasteiger charge is -2.28. The minimum absolute atomic E-state index is 0.0667. The lowest BCUT2D eigenvalue weighted by atomic mass is 10.1. The van der Waals surface area contributed by atoms with Crippen LogP contribution in [-0.4, -0.2) is 47.6 Å². The molecule has 0 saturated carbocycles. The third kappa shape index (κ3) is 2.61. The lowest BCUT2D eigenvalue weighted by molar-refractivity contribution is -0.138. The Labute approximate surface area is 118 Å². The summed E-state index contributed by atoms with van der Waals surface area (Å²) in [4.78, 5) is 26.9.